The number of rotatable bonds is 6. The summed E-state index contributed by atoms with van der Waals surface area (Å²) in [6, 6.07) is 0.218. The van der Waals surface area contributed by atoms with E-state index in [1.165, 1.54) is 6.08 Å². The number of carbonyl (C=O) groups is 2. The van der Waals surface area contributed by atoms with Crippen molar-refractivity contribution in [1.29, 1.82) is 0 Å². The van der Waals surface area contributed by atoms with Crippen LogP contribution in [-0.2, 0) is 9.59 Å². The number of carbonyl (C=O) groups excluding carboxylic acids is 2. The standard InChI is InChI=1S/C23H29F3N6O2/c24-23(25,26)21(27)29-11-5-7-19(33)30-22-9-8-16(12-22)14-32(15-17(32)13-22)31-20(34)18-6-3-1-2-4-10-28-18/h3-6,10-11,16-17H,1-2,7-9,12-15H2,(H3-,27,29,30,31,33,34)/p+1/b6-3?,10-4?,11-5-,28-18?. The van der Waals surface area contributed by atoms with Crippen LogP contribution < -0.4 is 16.5 Å². The molecule has 184 valence electrons. The van der Waals surface area contributed by atoms with E-state index in [0.29, 0.717) is 16.2 Å². The summed E-state index contributed by atoms with van der Waals surface area (Å²) in [4.78, 5) is 32.8. The van der Waals surface area contributed by atoms with Crippen LogP contribution in [0.3, 0.4) is 0 Å². The number of nitrogens with two attached hydrogens (primary N) is 1. The van der Waals surface area contributed by atoms with Crippen molar-refractivity contribution < 1.29 is 27.4 Å². The highest BCUT2D eigenvalue weighted by Crippen LogP contribution is 2.49. The van der Waals surface area contributed by atoms with Crippen LogP contribution in [0.5, 0.6) is 0 Å². The minimum absolute atomic E-state index is 0.0812. The molecule has 3 fully saturated rings. The van der Waals surface area contributed by atoms with Crippen molar-refractivity contribution in [3.8, 4) is 0 Å². The number of alkyl halides is 3. The van der Waals surface area contributed by atoms with Crippen LogP contribution in [0.2, 0.25) is 0 Å². The van der Waals surface area contributed by atoms with Crippen molar-refractivity contribution in [2.75, 3.05) is 13.1 Å². The van der Waals surface area contributed by atoms with Crippen LogP contribution in [-0.4, -0.2) is 58.8 Å². The third-order valence-corrected chi connectivity index (χ3v) is 6.99. The Labute approximate surface area is 196 Å². The molecule has 4 atom stereocenters. The fraction of sp³-hybridized carbons (Fsp3) is 0.565. The van der Waals surface area contributed by atoms with Crippen molar-refractivity contribution in [2.24, 2.45) is 21.6 Å². The molecule has 0 radical (unpaired) electrons. The number of quaternary nitrogens is 1. The molecule has 11 heteroatoms. The van der Waals surface area contributed by atoms with Gasteiger partial charge in [-0.15, -0.1) is 0 Å². The van der Waals surface area contributed by atoms with E-state index in [-0.39, 0.29) is 29.8 Å². The first-order valence-electron chi connectivity index (χ1n) is 11.6. The predicted molar refractivity (Wildman–Crippen MR) is 121 cm³/mol. The van der Waals surface area contributed by atoms with E-state index in [1.54, 1.807) is 12.3 Å². The Bertz CT molecular complexity index is 986. The summed E-state index contributed by atoms with van der Waals surface area (Å²) in [5, 5.41) is 3.13. The van der Waals surface area contributed by atoms with Gasteiger partial charge in [0.1, 0.15) is 12.3 Å². The number of aliphatic imine (C=N–C) groups is 2. The van der Waals surface area contributed by atoms with Gasteiger partial charge in [-0.2, -0.15) is 18.6 Å². The minimum atomic E-state index is -4.69. The lowest BCUT2D eigenvalue weighted by Crippen LogP contribution is -2.51. The summed E-state index contributed by atoms with van der Waals surface area (Å²) in [6.45, 7) is 1.64. The van der Waals surface area contributed by atoms with Gasteiger partial charge >= 0.3 is 12.1 Å². The molecule has 4 unspecified atom stereocenters. The van der Waals surface area contributed by atoms with E-state index in [9.17, 15) is 22.8 Å². The topological polar surface area (TPSA) is 109 Å². The molecule has 1 saturated carbocycles. The Morgan fingerprint density at radius 1 is 1.26 bits per heavy atom. The van der Waals surface area contributed by atoms with Gasteiger partial charge in [0.15, 0.2) is 12.6 Å². The molecule has 4 rings (SSSR count). The molecule has 0 aromatic carbocycles. The first-order chi connectivity index (χ1) is 16.1. The first kappa shape index (κ1) is 24.2. The molecular weight excluding hydrogens is 449 g/mol. The molecule has 2 saturated heterocycles. The van der Waals surface area contributed by atoms with Crippen molar-refractivity contribution in [3.05, 3.63) is 36.7 Å². The largest absolute Gasteiger partial charge is 0.448 e. The SMILES string of the molecule is NC(=N/C=C\CC(=O)NC12CCC(C1)C[N+]1(NC(=O)C3=NC=CCCC=C3)CC1C2)C(F)(F)F. The predicted octanol–water partition coefficient (Wildman–Crippen LogP) is 2.40. The Balaban J connectivity index is 1.35. The molecule has 3 heterocycles. The number of hydrogen-bond donors (Lipinski definition) is 3. The average Bonchev–Trinajstić information content (AvgIpc) is 3.22. The zero-order valence-corrected chi connectivity index (χ0v) is 18.9. The summed E-state index contributed by atoms with van der Waals surface area (Å²) in [6.07, 6.45) is 9.89. The maximum absolute atomic E-state index is 12.9. The quantitative estimate of drug-likeness (QED) is 0.236. The third kappa shape index (κ3) is 5.57. The van der Waals surface area contributed by atoms with Gasteiger partial charge in [0.05, 0.1) is 0 Å². The lowest BCUT2D eigenvalue weighted by atomic mass is 9.90. The van der Waals surface area contributed by atoms with Crippen molar-refractivity contribution >= 4 is 23.4 Å². The van der Waals surface area contributed by atoms with Gasteiger partial charge in [0.2, 0.25) is 11.7 Å². The number of halogens is 3. The van der Waals surface area contributed by atoms with Crippen LogP contribution >= 0.6 is 0 Å². The maximum Gasteiger partial charge on any atom is 0.448 e. The van der Waals surface area contributed by atoms with Gasteiger partial charge in [-0.25, -0.2) is 9.58 Å². The summed E-state index contributed by atoms with van der Waals surface area (Å²) in [5.74, 6) is -1.53. The summed E-state index contributed by atoms with van der Waals surface area (Å²) in [7, 11) is 0. The van der Waals surface area contributed by atoms with Crippen LogP contribution in [0.25, 0.3) is 0 Å². The highest BCUT2D eigenvalue weighted by Gasteiger charge is 2.65. The molecule has 4 aliphatic rings. The molecule has 0 spiro atoms. The van der Waals surface area contributed by atoms with Crippen LogP contribution in [0.1, 0.15) is 44.9 Å². The lowest BCUT2D eigenvalue weighted by Gasteiger charge is -2.29. The van der Waals surface area contributed by atoms with E-state index in [0.717, 1.165) is 57.8 Å². The molecular formula is C23H30F3N6O2+. The molecule has 34 heavy (non-hydrogen) atoms. The Morgan fingerprint density at radius 2 is 2.06 bits per heavy atom. The molecule has 4 N–H and O–H groups in total. The maximum atomic E-state index is 12.9. The fourth-order valence-electron chi connectivity index (χ4n) is 5.37. The van der Waals surface area contributed by atoms with Crippen LogP contribution in [0, 0.1) is 5.92 Å². The summed E-state index contributed by atoms with van der Waals surface area (Å²) < 4.78 is 37.6. The van der Waals surface area contributed by atoms with E-state index < -0.39 is 12.0 Å². The average molecular weight is 480 g/mol. The molecule has 0 aromatic rings. The highest BCUT2D eigenvalue weighted by molar-refractivity contribution is 6.43. The van der Waals surface area contributed by atoms with Gasteiger partial charge in [0.25, 0.3) is 0 Å². The van der Waals surface area contributed by atoms with E-state index in [1.807, 2.05) is 12.2 Å². The number of nitrogens with one attached hydrogen (secondary N) is 2. The van der Waals surface area contributed by atoms with E-state index in [4.69, 9.17) is 5.73 Å². The van der Waals surface area contributed by atoms with Crippen molar-refractivity contribution in [3.63, 3.8) is 0 Å². The van der Waals surface area contributed by atoms with E-state index in [2.05, 4.69) is 20.7 Å². The Hall–Kier alpha value is -2.95. The third-order valence-electron chi connectivity index (χ3n) is 6.99. The number of amides is 2. The van der Waals surface area contributed by atoms with Gasteiger partial charge in [-0.1, -0.05) is 18.2 Å². The molecule has 2 amide bonds. The van der Waals surface area contributed by atoms with E-state index >= 15 is 0 Å². The lowest BCUT2D eigenvalue weighted by molar-refractivity contribution is -0.853. The number of fused-ring (bicyclic) bond motifs is 3. The Morgan fingerprint density at radius 3 is 2.85 bits per heavy atom. The monoisotopic (exact) mass is 479 g/mol. The Kier molecular flexibility index (Phi) is 6.66. The fourth-order valence-corrected chi connectivity index (χ4v) is 5.37. The second-order valence-electron chi connectivity index (χ2n) is 9.62. The summed E-state index contributed by atoms with van der Waals surface area (Å²) in [5.41, 5.74) is 8.07. The number of nitrogens with zero attached hydrogens (tertiary/aromatic N) is 3. The van der Waals surface area contributed by atoms with Gasteiger partial charge in [0, 0.05) is 36.7 Å². The van der Waals surface area contributed by atoms with Crippen molar-refractivity contribution in [2.45, 2.75) is 62.7 Å². The normalized spacial score (nSPS) is 32.9. The number of allylic oxidation sites excluding steroid dienone is 2. The first-order valence-corrected chi connectivity index (χ1v) is 11.6. The van der Waals surface area contributed by atoms with Crippen LogP contribution in [0.15, 0.2) is 46.7 Å². The minimum Gasteiger partial charge on any atom is -0.380 e. The number of amidine groups is 1. The second-order valence-corrected chi connectivity index (χ2v) is 9.62. The smallest absolute Gasteiger partial charge is 0.380 e. The molecule has 3 aliphatic heterocycles. The zero-order valence-electron chi connectivity index (χ0n) is 18.9. The highest BCUT2D eigenvalue weighted by atomic mass is 19.4. The summed E-state index contributed by atoms with van der Waals surface area (Å²) >= 11 is 0. The zero-order chi connectivity index (χ0) is 24.4. The molecule has 2 bridgehead atoms. The second kappa shape index (κ2) is 9.36. The molecule has 8 nitrogen and oxygen atoms in total. The molecule has 0 aromatic heterocycles. The molecule has 1 aliphatic carbocycles. The number of hydrogen-bond acceptors (Lipinski definition) is 4. The van der Waals surface area contributed by atoms with Gasteiger partial charge < -0.3 is 11.1 Å². The van der Waals surface area contributed by atoms with Gasteiger partial charge in [-0.05, 0) is 38.2 Å². The van der Waals surface area contributed by atoms with Gasteiger partial charge in [-0.3, -0.25) is 14.6 Å². The van der Waals surface area contributed by atoms with Crippen molar-refractivity contribution in [1.82, 2.24) is 10.7 Å². The van der Waals surface area contributed by atoms with Crippen LogP contribution in [0.4, 0.5) is 13.2 Å².